The zero-order chi connectivity index (χ0) is 20.0. The van der Waals surface area contributed by atoms with Gasteiger partial charge < -0.3 is 20.7 Å². The minimum absolute atomic E-state index is 0.0103. The maximum Gasteiger partial charge on any atom is 0.257 e. The van der Waals surface area contributed by atoms with Gasteiger partial charge in [-0.15, -0.1) is 0 Å². The molecule has 0 radical (unpaired) electrons. The molecule has 148 valence electrons. The number of likely N-dealkylation sites (tertiary alicyclic amines) is 1. The van der Waals surface area contributed by atoms with Crippen LogP contribution in [0.15, 0.2) is 24.3 Å². The van der Waals surface area contributed by atoms with E-state index in [0.29, 0.717) is 30.9 Å². The molecule has 2 rings (SSSR count). The van der Waals surface area contributed by atoms with Crippen LogP contribution in [0, 0.1) is 11.3 Å². The van der Waals surface area contributed by atoms with E-state index >= 15 is 0 Å². The number of carbonyl (C=O) groups is 3. The van der Waals surface area contributed by atoms with Crippen LogP contribution < -0.4 is 15.8 Å². The first-order chi connectivity index (χ1) is 12.7. The number of nitrogens with zero attached hydrogens (tertiary/aromatic N) is 1. The molecule has 1 fully saturated rings. The van der Waals surface area contributed by atoms with Crippen molar-refractivity contribution in [3.8, 4) is 5.75 Å². The Kier molecular flexibility index (Phi) is 6.82. The van der Waals surface area contributed by atoms with E-state index in [1.165, 1.54) is 0 Å². The predicted octanol–water partition coefficient (Wildman–Crippen LogP) is 1.57. The van der Waals surface area contributed by atoms with E-state index in [1.807, 2.05) is 20.8 Å². The molecule has 0 bridgehead atoms. The third-order valence-electron chi connectivity index (χ3n) is 4.53. The fraction of sp³-hybridized carbons (Fsp3) is 0.550. The van der Waals surface area contributed by atoms with Crippen LogP contribution in [0.3, 0.4) is 0 Å². The number of hydrogen-bond acceptors (Lipinski definition) is 4. The summed E-state index contributed by atoms with van der Waals surface area (Å²) >= 11 is 0. The Hall–Kier alpha value is -2.57. The van der Waals surface area contributed by atoms with Gasteiger partial charge in [0.05, 0.1) is 5.56 Å². The Morgan fingerprint density at radius 2 is 1.96 bits per heavy atom. The van der Waals surface area contributed by atoms with Gasteiger partial charge in [0, 0.05) is 25.0 Å². The van der Waals surface area contributed by atoms with Gasteiger partial charge in [0.2, 0.25) is 5.91 Å². The lowest BCUT2D eigenvalue weighted by molar-refractivity contribution is -0.128. The summed E-state index contributed by atoms with van der Waals surface area (Å²) < 4.78 is 5.37. The number of ether oxygens (including phenoxy) is 1. The number of hydrogen-bond donors (Lipinski definition) is 2. The molecule has 7 heteroatoms. The zero-order valence-corrected chi connectivity index (χ0v) is 16.3. The molecule has 0 aliphatic carbocycles. The Morgan fingerprint density at radius 1 is 1.26 bits per heavy atom. The van der Waals surface area contributed by atoms with Crippen LogP contribution in [0.2, 0.25) is 0 Å². The second-order valence-corrected chi connectivity index (χ2v) is 7.97. The Morgan fingerprint density at radius 3 is 2.63 bits per heavy atom. The molecule has 1 aliphatic rings. The van der Waals surface area contributed by atoms with Crippen molar-refractivity contribution in [1.29, 1.82) is 0 Å². The van der Waals surface area contributed by atoms with Gasteiger partial charge in [0.25, 0.3) is 11.8 Å². The number of benzene rings is 1. The summed E-state index contributed by atoms with van der Waals surface area (Å²) in [5.41, 5.74) is 5.11. The fourth-order valence-electron chi connectivity index (χ4n) is 3.01. The number of rotatable bonds is 6. The van der Waals surface area contributed by atoms with E-state index in [4.69, 9.17) is 10.5 Å². The van der Waals surface area contributed by atoms with Crippen LogP contribution in [0.4, 0.5) is 0 Å². The van der Waals surface area contributed by atoms with Crippen molar-refractivity contribution in [3.05, 3.63) is 29.8 Å². The normalized spacial score (nSPS) is 17.3. The second-order valence-electron chi connectivity index (χ2n) is 7.97. The smallest absolute Gasteiger partial charge is 0.257 e. The van der Waals surface area contributed by atoms with Crippen molar-refractivity contribution in [2.24, 2.45) is 17.1 Å². The summed E-state index contributed by atoms with van der Waals surface area (Å²) in [7, 11) is 0. The quantitative estimate of drug-likeness (QED) is 0.788. The number of primary amides is 1. The number of nitrogens with one attached hydrogen (secondary N) is 1. The van der Waals surface area contributed by atoms with Crippen LogP contribution in [-0.4, -0.2) is 48.9 Å². The SMILES string of the molecule is CC(C)(C)C(=O)NCC1CCCN(C(=O)c2ccccc2OCC(N)=O)C1. The van der Waals surface area contributed by atoms with Gasteiger partial charge in [-0.05, 0) is 30.9 Å². The molecule has 1 aromatic rings. The Bertz CT molecular complexity index is 697. The summed E-state index contributed by atoms with van der Waals surface area (Å²) in [6, 6.07) is 6.84. The molecular weight excluding hydrogens is 346 g/mol. The van der Waals surface area contributed by atoms with Gasteiger partial charge >= 0.3 is 0 Å². The van der Waals surface area contributed by atoms with Crippen LogP contribution in [0.25, 0.3) is 0 Å². The van der Waals surface area contributed by atoms with E-state index in [-0.39, 0.29) is 24.3 Å². The minimum Gasteiger partial charge on any atom is -0.483 e. The Balaban J connectivity index is 2.00. The minimum atomic E-state index is -0.593. The molecule has 1 heterocycles. The molecule has 0 saturated carbocycles. The van der Waals surface area contributed by atoms with Crippen molar-refractivity contribution >= 4 is 17.7 Å². The third-order valence-corrected chi connectivity index (χ3v) is 4.53. The first kappa shape index (κ1) is 20.7. The van der Waals surface area contributed by atoms with Gasteiger partial charge in [0.15, 0.2) is 6.61 Å². The molecule has 1 atom stereocenters. The van der Waals surface area contributed by atoms with Gasteiger partial charge in [-0.25, -0.2) is 0 Å². The van der Waals surface area contributed by atoms with Crippen LogP contribution >= 0.6 is 0 Å². The van der Waals surface area contributed by atoms with Crippen molar-refractivity contribution in [1.82, 2.24) is 10.2 Å². The number of amides is 3. The summed E-state index contributed by atoms with van der Waals surface area (Å²) in [5, 5.41) is 2.98. The highest BCUT2D eigenvalue weighted by Gasteiger charge is 2.28. The second kappa shape index (κ2) is 8.88. The van der Waals surface area contributed by atoms with E-state index < -0.39 is 11.3 Å². The monoisotopic (exact) mass is 375 g/mol. The van der Waals surface area contributed by atoms with E-state index in [9.17, 15) is 14.4 Å². The van der Waals surface area contributed by atoms with Gasteiger partial charge in [-0.3, -0.25) is 14.4 Å². The molecule has 3 amide bonds. The largest absolute Gasteiger partial charge is 0.483 e. The van der Waals surface area contributed by atoms with Crippen molar-refractivity contribution in [2.75, 3.05) is 26.2 Å². The van der Waals surface area contributed by atoms with Crippen LogP contribution in [-0.2, 0) is 9.59 Å². The van der Waals surface area contributed by atoms with Crippen molar-refractivity contribution < 1.29 is 19.1 Å². The van der Waals surface area contributed by atoms with Gasteiger partial charge in [0.1, 0.15) is 5.75 Å². The van der Waals surface area contributed by atoms with E-state index in [1.54, 1.807) is 29.2 Å². The highest BCUT2D eigenvalue weighted by atomic mass is 16.5. The molecule has 0 spiro atoms. The first-order valence-electron chi connectivity index (χ1n) is 9.26. The molecule has 1 unspecified atom stereocenters. The lowest BCUT2D eigenvalue weighted by atomic mass is 9.93. The molecule has 1 saturated heterocycles. The van der Waals surface area contributed by atoms with Crippen LogP contribution in [0.5, 0.6) is 5.75 Å². The molecular formula is C20H29N3O4. The summed E-state index contributed by atoms with van der Waals surface area (Å²) in [4.78, 5) is 37.8. The standard InChI is InChI=1S/C20H29N3O4/c1-20(2,3)19(26)22-11-14-7-6-10-23(12-14)18(25)15-8-4-5-9-16(15)27-13-17(21)24/h4-5,8-9,14H,6-7,10-13H2,1-3H3,(H2,21,24)(H,22,26). The summed E-state index contributed by atoms with van der Waals surface area (Å²) in [6.45, 7) is 7.15. The summed E-state index contributed by atoms with van der Waals surface area (Å²) in [6.07, 6.45) is 1.85. The summed E-state index contributed by atoms with van der Waals surface area (Å²) in [5.74, 6) is -0.153. The molecule has 1 aromatic carbocycles. The third kappa shape index (κ3) is 5.98. The highest BCUT2D eigenvalue weighted by molar-refractivity contribution is 5.97. The molecule has 7 nitrogen and oxygen atoms in total. The van der Waals surface area contributed by atoms with Crippen molar-refractivity contribution in [3.63, 3.8) is 0 Å². The lowest BCUT2D eigenvalue weighted by Gasteiger charge is -2.33. The van der Waals surface area contributed by atoms with Gasteiger partial charge in [-0.2, -0.15) is 0 Å². The maximum atomic E-state index is 13.0. The van der Waals surface area contributed by atoms with E-state index in [0.717, 1.165) is 12.8 Å². The molecule has 27 heavy (non-hydrogen) atoms. The molecule has 3 N–H and O–H groups in total. The van der Waals surface area contributed by atoms with Crippen molar-refractivity contribution in [2.45, 2.75) is 33.6 Å². The number of carbonyl (C=O) groups excluding carboxylic acids is 3. The highest BCUT2D eigenvalue weighted by Crippen LogP contribution is 2.24. The average Bonchev–Trinajstić information content (AvgIpc) is 2.63. The Labute approximate surface area is 160 Å². The zero-order valence-electron chi connectivity index (χ0n) is 16.3. The van der Waals surface area contributed by atoms with Gasteiger partial charge in [-0.1, -0.05) is 32.9 Å². The lowest BCUT2D eigenvalue weighted by Crippen LogP contribution is -2.45. The molecule has 0 aromatic heterocycles. The number of para-hydroxylation sites is 1. The predicted molar refractivity (Wildman–Crippen MR) is 102 cm³/mol. The van der Waals surface area contributed by atoms with Crippen LogP contribution in [0.1, 0.15) is 44.0 Å². The number of piperidine rings is 1. The van der Waals surface area contributed by atoms with E-state index in [2.05, 4.69) is 5.32 Å². The topological polar surface area (TPSA) is 102 Å². The maximum absolute atomic E-state index is 13.0. The molecule has 1 aliphatic heterocycles. The average molecular weight is 375 g/mol. The fourth-order valence-corrected chi connectivity index (χ4v) is 3.01. The number of nitrogens with two attached hydrogens (primary N) is 1. The first-order valence-corrected chi connectivity index (χ1v) is 9.26.